The van der Waals surface area contributed by atoms with Gasteiger partial charge in [0.15, 0.2) is 0 Å². The van der Waals surface area contributed by atoms with Gasteiger partial charge in [-0.25, -0.2) is 9.40 Å². The van der Waals surface area contributed by atoms with Crippen LogP contribution in [0.25, 0.3) is 0 Å². The molecule has 1 aromatic rings. The summed E-state index contributed by atoms with van der Waals surface area (Å²) in [5.74, 6) is -0.127. The first-order chi connectivity index (χ1) is 8.18. The van der Waals surface area contributed by atoms with E-state index in [0.717, 1.165) is 5.56 Å². The van der Waals surface area contributed by atoms with Gasteiger partial charge in [-0.3, -0.25) is 5.43 Å². The first kappa shape index (κ1) is 12.5. The predicted octanol–water partition coefficient (Wildman–Crippen LogP) is 3.09. The Morgan fingerprint density at radius 1 is 1.24 bits per heavy atom. The van der Waals surface area contributed by atoms with Crippen LogP contribution < -0.4 is 5.43 Å². The van der Waals surface area contributed by atoms with E-state index in [9.17, 15) is 4.39 Å². The summed E-state index contributed by atoms with van der Waals surface area (Å²) in [6.45, 7) is 5.02. The molecule has 2 rings (SSSR count). The summed E-state index contributed by atoms with van der Waals surface area (Å²) >= 11 is 0. The van der Waals surface area contributed by atoms with E-state index in [-0.39, 0.29) is 5.82 Å². The molecular formula is C14H21FN2. The van der Waals surface area contributed by atoms with E-state index in [0.29, 0.717) is 18.6 Å². The van der Waals surface area contributed by atoms with Crippen LogP contribution in [0.4, 0.5) is 4.39 Å². The molecule has 3 heteroatoms. The summed E-state index contributed by atoms with van der Waals surface area (Å²) in [6.07, 6.45) is 3.73. The van der Waals surface area contributed by atoms with E-state index in [1.54, 1.807) is 6.07 Å². The minimum atomic E-state index is -0.127. The minimum Gasteiger partial charge on any atom is -0.250 e. The molecule has 17 heavy (non-hydrogen) atoms. The van der Waals surface area contributed by atoms with Gasteiger partial charge in [-0.05, 0) is 32.8 Å². The predicted molar refractivity (Wildman–Crippen MR) is 67.9 cm³/mol. The van der Waals surface area contributed by atoms with Crippen LogP contribution in [0.2, 0.25) is 0 Å². The third kappa shape index (κ3) is 3.05. The van der Waals surface area contributed by atoms with Gasteiger partial charge in [0, 0.05) is 24.2 Å². The van der Waals surface area contributed by atoms with Gasteiger partial charge in [0.05, 0.1) is 0 Å². The number of piperidine rings is 1. The van der Waals surface area contributed by atoms with Gasteiger partial charge in [-0.15, -0.1) is 0 Å². The van der Waals surface area contributed by atoms with Gasteiger partial charge >= 0.3 is 0 Å². The van der Waals surface area contributed by atoms with Crippen LogP contribution in [-0.2, 0) is 6.54 Å². The summed E-state index contributed by atoms with van der Waals surface area (Å²) in [7, 11) is 0. The molecule has 0 aromatic heterocycles. The highest BCUT2D eigenvalue weighted by Crippen LogP contribution is 2.20. The Labute approximate surface area is 103 Å². The van der Waals surface area contributed by atoms with E-state index < -0.39 is 0 Å². The highest BCUT2D eigenvalue weighted by atomic mass is 19.1. The van der Waals surface area contributed by atoms with Crippen molar-refractivity contribution in [1.29, 1.82) is 0 Å². The standard InChI is InChI=1S/C14H21FN2/c1-11-6-5-7-12(2)17(11)16-10-13-8-3-4-9-14(13)15/h3-4,8-9,11-12,16H,5-7,10H2,1-2H3. The van der Waals surface area contributed by atoms with Gasteiger partial charge in [0.2, 0.25) is 0 Å². The Bertz CT molecular complexity index is 357. The quantitative estimate of drug-likeness (QED) is 0.867. The van der Waals surface area contributed by atoms with Crippen LogP contribution >= 0.6 is 0 Å². The van der Waals surface area contributed by atoms with Gasteiger partial charge in [0.1, 0.15) is 5.82 Å². The molecule has 0 radical (unpaired) electrons. The van der Waals surface area contributed by atoms with Crippen LogP contribution in [0, 0.1) is 5.82 Å². The second-order valence-electron chi connectivity index (χ2n) is 4.96. The molecule has 1 N–H and O–H groups in total. The number of nitrogens with one attached hydrogen (secondary N) is 1. The summed E-state index contributed by atoms with van der Waals surface area (Å²) < 4.78 is 13.5. The third-order valence-corrected chi connectivity index (χ3v) is 3.60. The molecule has 94 valence electrons. The highest BCUT2D eigenvalue weighted by Gasteiger charge is 2.24. The molecular weight excluding hydrogens is 215 g/mol. The molecule has 2 atom stereocenters. The smallest absolute Gasteiger partial charge is 0.127 e. The van der Waals surface area contributed by atoms with Crippen molar-refractivity contribution in [3.05, 3.63) is 35.6 Å². The Balaban J connectivity index is 1.95. The summed E-state index contributed by atoms with van der Waals surface area (Å²) in [5, 5.41) is 2.27. The first-order valence-electron chi connectivity index (χ1n) is 6.43. The van der Waals surface area contributed by atoms with Gasteiger partial charge in [-0.2, -0.15) is 0 Å². The number of halogens is 1. The molecule has 1 fully saturated rings. The van der Waals surface area contributed by atoms with Crippen molar-refractivity contribution in [2.45, 2.75) is 51.7 Å². The average molecular weight is 236 g/mol. The van der Waals surface area contributed by atoms with Crippen molar-refractivity contribution in [3.8, 4) is 0 Å². The first-order valence-corrected chi connectivity index (χ1v) is 6.43. The zero-order valence-electron chi connectivity index (χ0n) is 10.6. The number of benzene rings is 1. The van der Waals surface area contributed by atoms with Crippen molar-refractivity contribution >= 4 is 0 Å². The van der Waals surface area contributed by atoms with Crippen molar-refractivity contribution < 1.29 is 4.39 Å². The Hall–Kier alpha value is -0.930. The zero-order valence-corrected chi connectivity index (χ0v) is 10.6. The third-order valence-electron chi connectivity index (χ3n) is 3.60. The zero-order chi connectivity index (χ0) is 12.3. The lowest BCUT2D eigenvalue weighted by Gasteiger charge is -2.39. The van der Waals surface area contributed by atoms with Crippen LogP contribution in [0.5, 0.6) is 0 Å². The molecule has 2 nitrogen and oxygen atoms in total. The lowest BCUT2D eigenvalue weighted by Crippen LogP contribution is -2.51. The summed E-state index contributed by atoms with van der Waals surface area (Å²) in [6, 6.07) is 8.02. The number of hydrazine groups is 1. The Morgan fingerprint density at radius 3 is 2.53 bits per heavy atom. The molecule has 1 heterocycles. The lowest BCUT2D eigenvalue weighted by atomic mass is 10.00. The van der Waals surface area contributed by atoms with Crippen molar-refractivity contribution in [2.75, 3.05) is 0 Å². The normalized spacial score (nSPS) is 26.1. The van der Waals surface area contributed by atoms with Gasteiger partial charge < -0.3 is 0 Å². The highest BCUT2D eigenvalue weighted by molar-refractivity contribution is 5.16. The Morgan fingerprint density at radius 2 is 1.88 bits per heavy atom. The number of hydrogen-bond acceptors (Lipinski definition) is 2. The molecule has 1 saturated heterocycles. The molecule has 0 amide bonds. The molecule has 0 saturated carbocycles. The molecule has 1 aromatic carbocycles. The van der Waals surface area contributed by atoms with E-state index in [2.05, 4.69) is 24.3 Å². The number of rotatable bonds is 3. The number of hydrogen-bond donors (Lipinski definition) is 1. The van der Waals surface area contributed by atoms with Gasteiger partial charge in [-0.1, -0.05) is 24.6 Å². The second kappa shape index (κ2) is 5.61. The molecule has 2 unspecified atom stereocenters. The van der Waals surface area contributed by atoms with E-state index in [4.69, 9.17) is 0 Å². The van der Waals surface area contributed by atoms with Crippen LogP contribution in [-0.4, -0.2) is 17.1 Å². The topological polar surface area (TPSA) is 15.3 Å². The van der Waals surface area contributed by atoms with E-state index >= 15 is 0 Å². The fourth-order valence-corrected chi connectivity index (χ4v) is 2.55. The number of nitrogens with zero attached hydrogens (tertiary/aromatic N) is 1. The summed E-state index contributed by atoms with van der Waals surface area (Å²) in [4.78, 5) is 0. The lowest BCUT2D eigenvalue weighted by molar-refractivity contribution is 0.0432. The van der Waals surface area contributed by atoms with Crippen molar-refractivity contribution in [1.82, 2.24) is 10.4 Å². The Kier molecular flexibility index (Phi) is 4.13. The van der Waals surface area contributed by atoms with Crippen molar-refractivity contribution in [2.24, 2.45) is 0 Å². The summed E-state index contributed by atoms with van der Waals surface area (Å²) in [5.41, 5.74) is 4.11. The van der Waals surface area contributed by atoms with E-state index in [1.807, 2.05) is 12.1 Å². The van der Waals surface area contributed by atoms with Crippen LogP contribution in [0.1, 0.15) is 38.7 Å². The maximum atomic E-state index is 13.5. The van der Waals surface area contributed by atoms with Crippen LogP contribution in [0.3, 0.4) is 0 Å². The molecule has 0 aliphatic carbocycles. The molecule has 1 aliphatic heterocycles. The minimum absolute atomic E-state index is 0.127. The molecule has 0 spiro atoms. The average Bonchev–Trinajstić information content (AvgIpc) is 2.30. The van der Waals surface area contributed by atoms with E-state index in [1.165, 1.54) is 25.3 Å². The maximum absolute atomic E-state index is 13.5. The molecule has 0 bridgehead atoms. The largest absolute Gasteiger partial charge is 0.250 e. The molecule has 1 aliphatic rings. The second-order valence-corrected chi connectivity index (χ2v) is 4.96. The van der Waals surface area contributed by atoms with Crippen molar-refractivity contribution in [3.63, 3.8) is 0 Å². The van der Waals surface area contributed by atoms with Crippen LogP contribution in [0.15, 0.2) is 24.3 Å². The fourth-order valence-electron chi connectivity index (χ4n) is 2.55. The maximum Gasteiger partial charge on any atom is 0.127 e. The fraction of sp³-hybridized carbons (Fsp3) is 0.571. The van der Waals surface area contributed by atoms with Gasteiger partial charge in [0.25, 0.3) is 0 Å². The SMILES string of the molecule is CC1CCCC(C)N1NCc1ccccc1F. The monoisotopic (exact) mass is 236 g/mol.